The number of carboxylic acids is 1. The van der Waals surface area contributed by atoms with Crippen molar-refractivity contribution in [1.29, 1.82) is 0 Å². The first-order valence-electron chi connectivity index (χ1n) is 14.9. The molecule has 0 amide bonds. The molecule has 2 aliphatic rings. The van der Waals surface area contributed by atoms with Crippen molar-refractivity contribution in [3.05, 3.63) is 75.7 Å². The Bertz CT molecular complexity index is 1580. The fraction of sp³-hybridized carbons (Fsp3) is 0.455. The molecule has 3 aromatic heterocycles. The Labute approximate surface area is 246 Å². The van der Waals surface area contributed by atoms with Crippen molar-refractivity contribution in [1.82, 2.24) is 24.5 Å². The lowest BCUT2D eigenvalue weighted by molar-refractivity contribution is 0.0701. The van der Waals surface area contributed by atoms with E-state index in [1.165, 1.54) is 48.2 Å². The average Bonchev–Trinajstić information content (AvgIpc) is 3.59. The van der Waals surface area contributed by atoms with Crippen LogP contribution in [-0.4, -0.2) is 55.2 Å². The number of carbonyl (C=O) groups is 1. The van der Waals surface area contributed by atoms with E-state index in [2.05, 4.69) is 40.0 Å². The number of aromatic carboxylic acids is 1. The van der Waals surface area contributed by atoms with Crippen LogP contribution in [0.25, 0.3) is 21.8 Å². The van der Waals surface area contributed by atoms with Crippen LogP contribution in [0, 0.1) is 25.7 Å². The molecule has 1 aliphatic heterocycles. The summed E-state index contributed by atoms with van der Waals surface area (Å²) in [7, 11) is 0. The number of rotatable bonds is 8. The largest absolute Gasteiger partial charge is 0.477 e. The van der Waals surface area contributed by atoms with Crippen molar-refractivity contribution in [3.8, 4) is 10.4 Å². The summed E-state index contributed by atoms with van der Waals surface area (Å²) in [6.07, 6.45) is 7.58. The van der Waals surface area contributed by atoms with Gasteiger partial charge in [0.1, 0.15) is 4.88 Å². The number of hydrogen-bond donors (Lipinski definition) is 1. The van der Waals surface area contributed by atoms with Crippen molar-refractivity contribution in [2.75, 3.05) is 19.6 Å². The number of aryl methyl sites for hydroxylation is 3. The summed E-state index contributed by atoms with van der Waals surface area (Å²) in [5.74, 6) is 2.01. The zero-order chi connectivity index (χ0) is 28.5. The summed E-state index contributed by atoms with van der Waals surface area (Å²) < 4.78 is 1.84. The van der Waals surface area contributed by atoms with Crippen LogP contribution in [0.15, 0.2) is 48.0 Å². The zero-order valence-electron chi connectivity index (χ0n) is 24.3. The van der Waals surface area contributed by atoms with Crippen LogP contribution in [-0.2, 0) is 6.42 Å². The molecule has 0 bridgehead atoms. The second kappa shape index (κ2) is 11.9. The molecule has 8 heteroatoms. The highest BCUT2D eigenvalue weighted by Gasteiger charge is 2.31. The van der Waals surface area contributed by atoms with Gasteiger partial charge in [-0.3, -0.25) is 4.90 Å². The van der Waals surface area contributed by atoms with E-state index in [0.29, 0.717) is 16.6 Å². The molecule has 1 aliphatic carbocycles. The molecule has 214 valence electrons. The third-order valence-corrected chi connectivity index (χ3v) is 9.99. The molecule has 4 heterocycles. The van der Waals surface area contributed by atoms with Crippen molar-refractivity contribution in [3.63, 3.8) is 0 Å². The monoisotopic (exact) mass is 569 g/mol. The van der Waals surface area contributed by atoms with Crippen molar-refractivity contribution in [2.45, 2.75) is 65.7 Å². The molecule has 7 nitrogen and oxygen atoms in total. The van der Waals surface area contributed by atoms with Crippen molar-refractivity contribution in [2.24, 2.45) is 11.8 Å². The lowest BCUT2D eigenvalue weighted by Crippen LogP contribution is -2.35. The number of carboxylic acid groups (broad SMARTS) is 1. The van der Waals surface area contributed by atoms with Crippen LogP contribution in [0.5, 0.6) is 0 Å². The summed E-state index contributed by atoms with van der Waals surface area (Å²) in [4.78, 5) is 25.7. The van der Waals surface area contributed by atoms with Crippen molar-refractivity contribution < 1.29 is 9.90 Å². The molecule has 6 rings (SSSR count). The number of hydrogen-bond acceptors (Lipinski definition) is 6. The SMILES string of the molecule is Cc1cc(C)n2nc(CCCN3CCC(c4cc(-c5ccccc5)sc4C(=O)O)=C(C4CCC(C)CC4)C3)nc2n1. The predicted octanol–water partition coefficient (Wildman–Crippen LogP) is 7.09. The summed E-state index contributed by atoms with van der Waals surface area (Å²) in [6.45, 7) is 9.22. The Morgan fingerprint density at radius 2 is 1.85 bits per heavy atom. The van der Waals surface area contributed by atoms with Gasteiger partial charge < -0.3 is 5.11 Å². The lowest BCUT2D eigenvalue weighted by Gasteiger charge is -2.37. The normalized spacial score (nSPS) is 20.2. The quantitative estimate of drug-likeness (QED) is 0.244. The van der Waals surface area contributed by atoms with E-state index in [0.717, 1.165) is 78.0 Å². The van der Waals surface area contributed by atoms with Gasteiger partial charge >= 0.3 is 5.97 Å². The van der Waals surface area contributed by atoms with E-state index in [9.17, 15) is 9.90 Å². The van der Waals surface area contributed by atoms with Crippen LogP contribution in [0.3, 0.4) is 0 Å². The average molecular weight is 570 g/mol. The van der Waals surface area contributed by atoms with Crippen LogP contribution in [0.2, 0.25) is 0 Å². The van der Waals surface area contributed by atoms with Crippen LogP contribution in [0.1, 0.15) is 77.9 Å². The summed E-state index contributed by atoms with van der Waals surface area (Å²) >= 11 is 1.41. The number of fused-ring (bicyclic) bond motifs is 1. The third kappa shape index (κ3) is 5.99. The molecule has 0 unspecified atom stereocenters. The Morgan fingerprint density at radius 3 is 2.61 bits per heavy atom. The van der Waals surface area contributed by atoms with Gasteiger partial charge in [-0.25, -0.2) is 14.3 Å². The lowest BCUT2D eigenvalue weighted by atomic mass is 9.75. The van der Waals surface area contributed by atoms with E-state index < -0.39 is 5.97 Å². The van der Waals surface area contributed by atoms with Gasteiger partial charge in [-0.15, -0.1) is 16.4 Å². The van der Waals surface area contributed by atoms with Gasteiger partial charge in [0.15, 0.2) is 5.82 Å². The molecule has 0 spiro atoms. The first-order chi connectivity index (χ1) is 19.9. The van der Waals surface area contributed by atoms with Gasteiger partial charge in [-0.2, -0.15) is 4.98 Å². The first kappa shape index (κ1) is 27.8. The molecular formula is C33H39N5O2S. The molecule has 0 atom stereocenters. The van der Waals surface area contributed by atoms with Crippen LogP contribution < -0.4 is 0 Å². The van der Waals surface area contributed by atoms with Crippen molar-refractivity contribution >= 4 is 28.7 Å². The third-order valence-electron chi connectivity index (χ3n) is 8.81. The van der Waals surface area contributed by atoms with E-state index in [1.54, 1.807) is 0 Å². The minimum Gasteiger partial charge on any atom is -0.477 e. The van der Waals surface area contributed by atoms with Gasteiger partial charge in [0.25, 0.3) is 5.78 Å². The molecule has 41 heavy (non-hydrogen) atoms. The van der Waals surface area contributed by atoms with Gasteiger partial charge in [-0.05, 0) is 86.8 Å². The van der Waals surface area contributed by atoms with Gasteiger partial charge in [0.05, 0.1) is 0 Å². The summed E-state index contributed by atoms with van der Waals surface area (Å²) in [5.41, 5.74) is 6.80. The van der Waals surface area contributed by atoms with E-state index in [4.69, 9.17) is 5.10 Å². The second-order valence-electron chi connectivity index (χ2n) is 11.9. The highest BCUT2D eigenvalue weighted by molar-refractivity contribution is 7.17. The topological polar surface area (TPSA) is 83.6 Å². The standard InChI is InChI=1S/C33H39N5O2S/c1-21-11-13-24(14-12-21)28-20-37(16-7-10-30-35-33-34-22(2)18-23(3)38(33)36-30)17-15-26(28)27-19-29(41-31(27)32(39)40)25-8-5-4-6-9-25/h4-6,8-9,18-19,21,24H,7,10-17,20H2,1-3H3,(H,39,40). The Kier molecular flexibility index (Phi) is 8.04. The Hall–Kier alpha value is -3.36. The Morgan fingerprint density at radius 1 is 1.07 bits per heavy atom. The van der Waals surface area contributed by atoms with E-state index >= 15 is 0 Å². The molecule has 4 aromatic rings. The molecular weight excluding hydrogens is 530 g/mol. The predicted molar refractivity (Wildman–Crippen MR) is 164 cm³/mol. The number of nitrogens with zero attached hydrogens (tertiary/aromatic N) is 5. The van der Waals surface area contributed by atoms with Crippen LogP contribution in [0.4, 0.5) is 0 Å². The molecule has 1 aromatic carbocycles. The van der Waals surface area contributed by atoms with E-state index in [-0.39, 0.29) is 0 Å². The fourth-order valence-electron chi connectivity index (χ4n) is 6.62. The number of thiophene rings is 1. The van der Waals surface area contributed by atoms with Gasteiger partial charge in [-0.1, -0.05) is 50.1 Å². The highest BCUT2D eigenvalue weighted by Crippen LogP contribution is 2.43. The summed E-state index contributed by atoms with van der Waals surface area (Å²) in [6, 6.07) is 14.3. The molecule has 1 fully saturated rings. The van der Waals surface area contributed by atoms with Gasteiger partial charge in [0, 0.05) is 41.3 Å². The molecule has 0 radical (unpaired) electrons. The Balaban J connectivity index is 1.24. The minimum atomic E-state index is -0.821. The first-order valence-corrected chi connectivity index (χ1v) is 15.7. The molecule has 1 saturated carbocycles. The maximum Gasteiger partial charge on any atom is 0.346 e. The number of aromatic nitrogens is 4. The molecule has 0 saturated heterocycles. The smallest absolute Gasteiger partial charge is 0.346 e. The van der Waals surface area contributed by atoms with Crippen LogP contribution >= 0.6 is 11.3 Å². The molecule has 1 N–H and O–H groups in total. The maximum atomic E-state index is 12.4. The highest BCUT2D eigenvalue weighted by atomic mass is 32.1. The maximum absolute atomic E-state index is 12.4. The van der Waals surface area contributed by atoms with E-state index in [1.807, 2.05) is 42.6 Å². The fourth-order valence-corrected chi connectivity index (χ4v) is 7.65. The minimum absolute atomic E-state index is 0.478. The summed E-state index contributed by atoms with van der Waals surface area (Å²) in [5, 5.41) is 14.9. The number of benzene rings is 1. The van der Waals surface area contributed by atoms with Gasteiger partial charge in [0.2, 0.25) is 0 Å². The second-order valence-corrected chi connectivity index (χ2v) is 12.9. The zero-order valence-corrected chi connectivity index (χ0v) is 25.1.